The van der Waals surface area contributed by atoms with Gasteiger partial charge in [-0.05, 0) is 43.2 Å². The van der Waals surface area contributed by atoms with Gasteiger partial charge in [-0.15, -0.1) is 12.4 Å². The zero-order valence-electron chi connectivity index (χ0n) is 15.2. The molecule has 2 aromatic carbocycles. The molecule has 0 spiro atoms. The fourth-order valence-electron chi connectivity index (χ4n) is 2.52. The van der Waals surface area contributed by atoms with Crippen molar-refractivity contribution in [2.75, 3.05) is 26.2 Å². The molecule has 148 valence electrons. The second kappa shape index (κ2) is 11.0. The summed E-state index contributed by atoms with van der Waals surface area (Å²) in [5.74, 6) is -0.473. The highest BCUT2D eigenvalue weighted by molar-refractivity contribution is 7.89. The first-order chi connectivity index (χ1) is 12.5. The van der Waals surface area contributed by atoms with E-state index in [1.807, 2.05) is 30.3 Å². The average Bonchev–Trinajstić information content (AvgIpc) is 2.66. The predicted molar refractivity (Wildman–Crippen MR) is 108 cm³/mol. The number of hydrogen-bond donors (Lipinski definition) is 1. The Morgan fingerprint density at radius 1 is 1.04 bits per heavy atom. The van der Waals surface area contributed by atoms with Gasteiger partial charge in [0.05, 0.1) is 17.1 Å². The molecule has 0 aliphatic heterocycles. The van der Waals surface area contributed by atoms with Crippen LogP contribution in [0.25, 0.3) is 0 Å². The van der Waals surface area contributed by atoms with E-state index in [1.165, 1.54) is 28.6 Å². The Labute approximate surface area is 166 Å². The van der Waals surface area contributed by atoms with Crippen LogP contribution in [0.2, 0.25) is 0 Å². The number of nitrogens with zero attached hydrogens (tertiary/aromatic N) is 1. The van der Waals surface area contributed by atoms with Crippen LogP contribution in [0.5, 0.6) is 0 Å². The second-order valence-electron chi connectivity index (χ2n) is 5.67. The lowest BCUT2D eigenvalue weighted by Gasteiger charge is -2.21. The summed E-state index contributed by atoms with van der Waals surface area (Å²) in [4.78, 5) is 11.8. The van der Waals surface area contributed by atoms with Crippen molar-refractivity contribution < 1.29 is 17.9 Å². The molecule has 0 radical (unpaired) electrons. The lowest BCUT2D eigenvalue weighted by Crippen LogP contribution is -2.36. The SMILES string of the molecule is CCOC(=O)c1ccc(S(=O)(=O)N(CCN)CCc2ccccc2)cc1.Cl. The van der Waals surface area contributed by atoms with Gasteiger partial charge in [-0.1, -0.05) is 30.3 Å². The van der Waals surface area contributed by atoms with E-state index in [1.54, 1.807) is 6.92 Å². The Kier molecular flexibility index (Phi) is 9.45. The third-order valence-electron chi connectivity index (χ3n) is 3.87. The molecule has 0 fully saturated rings. The molecule has 0 atom stereocenters. The Morgan fingerprint density at radius 2 is 1.67 bits per heavy atom. The molecule has 0 aliphatic rings. The summed E-state index contributed by atoms with van der Waals surface area (Å²) in [6, 6.07) is 15.5. The van der Waals surface area contributed by atoms with Crippen LogP contribution in [0.3, 0.4) is 0 Å². The Hall–Kier alpha value is -1.93. The van der Waals surface area contributed by atoms with E-state index in [4.69, 9.17) is 10.5 Å². The van der Waals surface area contributed by atoms with Gasteiger partial charge in [-0.25, -0.2) is 13.2 Å². The van der Waals surface area contributed by atoms with Crippen LogP contribution in [-0.2, 0) is 21.2 Å². The molecule has 2 aromatic rings. The van der Waals surface area contributed by atoms with Gasteiger partial charge in [-0.3, -0.25) is 0 Å². The Morgan fingerprint density at radius 3 is 2.22 bits per heavy atom. The number of rotatable bonds is 9. The van der Waals surface area contributed by atoms with E-state index < -0.39 is 16.0 Å². The summed E-state index contributed by atoms with van der Waals surface area (Å²) in [6.45, 7) is 2.78. The van der Waals surface area contributed by atoms with Gasteiger partial charge in [0.2, 0.25) is 10.0 Å². The number of halogens is 1. The van der Waals surface area contributed by atoms with Crippen molar-refractivity contribution >= 4 is 28.4 Å². The summed E-state index contributed by atoms with van der Waals surface area (Å²) in [7, 11) is -3.69. The maximum absolute atomic E-state index is 12.9. The first-order valence-electron chi connectivity index (χ1n) is 8.50. The van der Waals surface area contributed by atoms with E-state index in [-0.39, 0.29) is 37.0 Å². The van der Waals surface area contributed by atoms with Crippen molar-refractivity contribution in [1.29, 1.82) is 0 Å². The van der Waals surface area contributed by atoms with Crippen LogP contribution in [-0.4, -0.2) is 44.9 Å². The molecule has 2 N–H and O–H groups in total. The zero-order chi connectivity index (χ0) is 19.0. The van der Waals surface area contributed by atoms with Crippen LogP contribution in [0.4, 0.5) is 0 Å². The van der Waals surface area contributed by atoms with Gasteiger partial charge in [0.15, 0.2) is 0 Å². The number of benzene rings is 2. The number of carbonyl (C=O) groups is 1. The average molecular weight is 413 g/mol. The molecule has 0 amide bonds. The number of hydrogen-bond acceptors (Lipinski definition) is 5. The fraction of sp³-hybridized carbons (Fsp3) is 0.316. The molecular formula is C19H25ClN2O4S. The number of esters is 1. The van der Waals surface area contributed by atoms with E-state index >= 15 is 0 Å². The van der Waals surface area contributed by atoms with Crippen LogP contribution in [0, 0.1) is 0 Å². The lowest BCUT2D eigenvalue weighted by molar-refractivity contribution is 0.0526. The second-order valence-corrected chi connectivity index (χ2v) is 7.61. The minimum atomic E-state index is -3.69. The van der Waals surface area contributed by atoms with Crippen LogP contribution < -0.4 is 5.73 Å². The van der Waals surface area contributed by atoms with E-state index in [2.05, 4.69) is 0 Å². The van der Waals surface area contributed by atoms with Crippen molar-refractivity contribution in [2.45, 2.75) is 18.2 Å². The van der Waals surface area contributed by atoms with Crippen molar-refractivity contribution in [3.05, 3.63) is 65.7 Å². The van der Waals surface area contributed by atoms with Gasteiger partial charge < -0.3 is 10.5 Å². The van der Waals surface area contributed by atoms with Crippen molar-refractivity contribution in [2.24, 2.45) is 5.73 Å². The van der Waals surface area contributed by atoms with Gasteiger partial charge >= 0.3 is 5.97 Å². The van der Waals surface area contributed by atoms with Crippen LogP contribution >= 0.6 is 12.4 Å². The standard InChI is InChI=1S/C19H24N2O4S.ClH/c1-2-25-19(22)17-8-10-18(11-9-17)26(23,24)21(15-13-20)14-12-16-6-4-3-5-7-16;/h3-11H,2,12-15,20H2,1H3;1H. The van der Waals surface area contributed by atoms with E-state index in [9.17, 15) is 13.2 Å². The first-order valence-corrected chi connectivity index (χ1v) is 9.94. The highest BCUT2D eigenvalue weighted by atomic mass is 35.5. The van der Waals surface area contributed by atoms with Gasteiger partial charge in [-0.2, -0.15) is 4.31 Å². The summed E-state index contributed by atoms with van der Waals surface area (Å²) >= 11 is 0. The molecule has 0 aliphatic carbocycles. The molecule has 0 aromatic heterocycles. The van der Waals surface area contributed by atoms with Crippen molar-refractivity contribution in [3.8, 4) is 0 Å². The topological polar surface area (TPSA) is 89.7 Å². The molecular weight excluding hydrogens is 388 g/mol. The number of nitrogens with two attached hydrogens (primary N) is 1. The highest BCUT2D eigenvalue weighted by Gasteiger charge is 2.24. The molecule has 8 heteroatoms. The summed E-state index contributed by atoms with van der Waals surface area (Å²) in [5.41, 5.74) is 6.98. The monoisotopic (exact) mass is 412 g/mol. The molecule has 0 unspecified atom stereocenters. The third kappa shape index (κ3) is 6.32. The largest absolute Gasteiger partial charge is 0.462 e. The zero-order valence-corrected chi connectivity index (χ0v) is 16.8. The quantitative estimate of drug-likeness (QED) is 0.639. The van der Waals surface area contributed by atoms with Crippen LogP contribution in [0.15, 0.2) is 59.5 Å². The molecule has 0 heterocycles. The predicted octanol–water partition coefficient (Wildman–Crippen LogP) is 2.48. The lowest BCUT2D eigenvalue weighted by atomic mass is 10.1. The maximum Gasteiger partial charge on any atom is 0.338 e. The Balaban J connectivity index is 0.00000364. The maximum atomic E-state index is 12.9. The fourth-order valence-corrected chi connectivity index (χ4v) is 3.98. The van der Waals surface area contributed by atoms with Crippen LogP contribution in [0.1, 0.15) is 22.8 Å². The van der Waals surface area contributed by atoms with Gasteiger partial charge in [0.1, 0.15) is 0 Å². The number of sulfonamides is 1. The summed E-state index contributed by atoms with van der Waals surface area (Å²) in [6.07, 6.45) is 0.598. The van der Waals surface area contributed by atoms with Crippen molar-refractivity contribution in [3.63, 3.8) is 0 Å². The third-order valence-corrected chi connectivity index (χ3v) is 5.79. The normalized spacial score (nSPS) is 11.1. The van der Waals surface area contributed by atoms with Gasteiger partial charge in [0, 0.05) is 19.6 Å². The summed E-state index contributed by atoms with van der Waals surface area (Å²) in [5, 5.41) is 0. The van der Waals surface area contributed by atoms with Crippen molar-refractivity contribution in [1.82, 2.24) is 4.31 Å². The molecule has 0 saturated carbocycles. The smallest absolute Gasteiger partial charge is 0.338 e. The number of ether oxygens (including phenoxy) is 1. The minimum absolute atomic E-state index is 0. The van der Waals surface area contributed by atoms with E-state index in [0.29, 0.717) is 18.5 Å². The molecule has 2 rings (SSSR count). The minimum Gasteiger partial charge on any atom is -0.462 e. The van der Waals surface area contributed by atoms with Gasteiger partial charge in [0.25, 0.3) is 0 Å². The molecule has 6 nitrogen and oxygen atoms in total. The first kappa shape index (κ1) is 23.1. The molecule has 0 bridgehead atoms. The molecule has 27 heavy (non-hydrogen) atoms. The van der Waals surface area contributed by atoms with E-state index in [0.717, 1.165) is 5.56 Å². The number of carbonyl (C=O) groups excluding carboxylic acids is 1. The highest BCUT2D eigenvalue weighted by Crippen LogP contribution is 2.17. The molecule has 0 saturated heterocycles. The Bertz CT molecular complexity index is 811. The summed E-state index contributed by atoms with van der Waals surface area (Å²) < 4.78 is 32.1.